The molecule has 3 N–H and O–H groups in total. The molecule has 0 radical (unpaired) electrons. The maximum atomic E-state index is 10.7. The fourth-order valence-corrected chi connectivity index (χ4v) is 1.44. The minimum atomic E-state index is -1.03. The molecule has 1 heterocycles. The lowest BCUT2D eigenvalue weighted by Crippen LogP contribution is -2.20. The average molecular weight is 202 g/mol. The van der Waals surface area contributed by atoms with E-state index < -0.39 is 12.0 Å². The van der Waals surface area contributed by atoms with Gasteiger partial charge in [0.25, 0.3) is 0 Å². The van der Waals surface area contributed by atoms with Crippen molar-refractivity contribution in [2.75, 3.05) is 0 Å². The van der Waals surface area contributed by atoms with Crippen LogP contribution in [-0.2, 0) is 4.79 Å². The highest BCUT2D eigenvalue weighted by Crippen LogP contribution is 2.18. The molecule has 0 amide bonds. The van der Waals surface area contributed by atoms with Crippen LogP contribution in [0.15, 0.2) is 36.7 Å². The van der Waals surface area contributed by atoms with E-state index in [-0.39, 0.29) is 0 Å². The fraction of sp³-hybridized carbons (Fsp3) is 0.0909. The summed E-state index contributed by atoms with van der Waals surface area (Å²) in [6.07, 6.45) is 3.38. The Kier molecular flexibility index (Phi) is 2.35. The molecule has 76 valence electrons. The topological polar surface area (TPSA) is 76.2 Å². The fourth-order valence-electron chi connectivity index (χ4n) is 1.44. The van der Waals surface area contributed by atoms with Crippen LogP contribution in [0.25, 0.3) is 10.8 Å². The molecular formula is C11H10N2O2. The molecule has 0 aliphatic carbocycles. The summed E-state index contributed by atoms with van der Waals surface area (Å²) in [4.78, 5) is 14.7. The zero-order chi connectivity index (χ0) is 10.8. The van der Waals surface area contributed by atoms with Gasteiger partial charge in [-0.3, -0.25) is 9.78 Å². The van der Waals surface area contributed by atoms with E-state index in [0.717, 1.165) is 10.8 Å². The highest BCUT2D eigenvalue weighted by Gasteiger charge is 2.13. The molecule has 0 saturated heterocycles. The first kappa shape index (κ1) is 9.61. The van der Waals surface area contributed by atoms with Crippen molar-refractivity contribution in [3.8, 4) is 0 Å². The van der Waals surface area contributed by atoms with Gasteiger partial charge in [-0.25, -0.2) is 0 Å². The van der Waals surface area contributed by atoms with Gasteiger partial charge in [0.2, 0.25) is 0 Å². The van der Waals surface area contributed by atoms with Crippen LogP contribution in [-0.4, -0.2) is 16.1 Å². The summed E-state index contributed by atoms with van der Waals surface area (Å²) in [6.45, 7) is 0. The summed E-state index contributed by atoms with van der Waals surface area (Å²) < 4.78 is 0. The highest BCUT2D eigenvalue weighted by molar-refractivity contribution is 5.84. The van der Waals surface area contributed by atoms with Crippen LogP contribution >= 0.6 is 0 Å². The van der Waals surface area contributed by atoms with Crippen LogP contribution in [0.2, 0.25) is 0 Å². The van der Waals surface area contributed by atoms with E-state index in [1.165, 1.54) is 0 Å². The number of nitrogens with zero attached hydrogens (tertiary/aromatic N) is 1. The molecule has 4 nitrogen and oxygen atoms in total. The van der Waals surface area contributed by atoms with Crippen LogP contribution < -0.4 is 5.73 Å². The van der Waals surface area contributed by atoms with Gasteiger partial charge >= 0.3 is 5.97 Å². The molecule has 0 aliphatic heterocycles. The number of carboxylic acid groups (broad SMARTS) is 1. The van der Waals surface area contributed by atoms with Crippen molar-refractivity contribution in [2.24, 2.45) is 5.73 Å². The van der Waals surface area contributed by atoms with Gasteiger partial charge < -0.3 is 10.8 Å². The van der Waals surface area contributed by atoms with Crippen LogP contribution in [0.4, 0.5) is 0 Å². The molecule has 0 saturated carbocycles. The Bertz CT molecular complexity index is 511. The molecule has 0 bridgehead atoms. The third-order valence-electron chi connectivity index (χ3n) is 2.29. The van der Waals surface area contributed by atoms with Gasteiger partial charge in [-0.05, 0) is 23.1 Å². The molecule has 0 fully saturated rings. The molecule has 1 unspecified atom stereocenters. The maximum Gasteiger partial charge on any atom is 0.325 e. The number of benzene rings is 1. The second-order valence-corrected chi connectivity index (χ2v) is 3.30. The monoisotopic (exact) mass is 202 g/mol. The Morgan fingerprint density at radius 3 is 2.87 bits per heavy atom. The third-order valence-corrected chi connectivity index (χ3v) is 2.29. The summed E-state index contributed by atoms with van der Waals surface area (Å²) in [6, 6.07) is 6.21. The van der Waals surface area contributed by atoms with Crippen molar-refractivity contribution in [1.29, 1.82) is 0 Å². The van der Waals surface area contributed by atoms with Gasteiger partial charge in [-0.2, -0.15) is 0 Å². The normalized spacial score (nSPS) is 12.6. The lowest BCUT2D eigenvalue weighted by molar-refractivity contribution is -0.138. The van der Waals surface area contributed by atoms with Crippen molar-refractivity contribution in [1.82, 2.24) is 4.98 Å². The first-order chi connectivity index (χ1) is 7.18. The molecule has 2 aromatic rings. The SMILES string of the molecule is NC(C(=O)O)c1ccc2ccncc2c1. The predicted octanol–water partition coefficient (Wildman–Crippen LogP) is 1.32. The van der Waals surface area contributed by atoms with Crippen molar-refractivity contribution >= 4 is 16.7 Å². The number of hydrogen-bond acceptors (Lipinski definition) is 3. The van der Waals surface area contributed by atoms with E-state index in [1.807, 2.05) is 12.1 Å². The second-order valence-electron chi connectivity index (χ2n) is 3.30. The van der Waals surface area contributed by atoms with Crippen LogP contribution in [0.3, 0.4) is 0 Å². The number of aliphatic carboxylic acids is 1. The smallest absolute Gasteiger partial charge is 0.325 e. The first-order valence-electron chi connectivity index (χ1n) is 4.50. The van der Waals surface area contributed by atoms with E-state index in [2.05, 4.69) is 4.98 Å². The number of pyridine rings is 1. The third kappa shape index (κ3) is 1.80. The second kappa shape index (κ2) is 3.67. The zero-order valence-corrected chi connectivity index (χ0v) is 7.92. The van der Waals surface area contributed by atoms with Crippen molar-refractivity contribution in [3.63, 3.8) is 0 Å². The number of carbonyl (C=O) groups is 1. The van der Waals surface area contributed by atoms with E-state index >= 15 is 0 Å². The van der Waals surface area contributed by atoms with E-state index in [1.54, 1.807) is 24.5 Å². The molecule has 2 rings (SSSR count). The highest BCUT2D eigenvalue weighted by atomic mass is 16.4. The quantitative estimate of drug-likeness (QED) is 0.770. The predicted molar refractivity (Wildman–Crippen MR) is 56.3 cm³/mol. The van der Waals surface area contributed by atoms with Gasteiger partial charge in [0.1, 0.15) is 6.04 Å². The first-order valence-corrected chi connectivity index (χ1v) is 4.50. The maximum absolute atomic E-state index is 10.7. The van der Waals surface area contributed by atoms with Crippen molar-refractivity contribution < 1.29 is 9.90 Å². The van der Waals surface area contributed by atoms with E-state index in [9.17, 15) is 4.79 Å². The molecule has 1 aromatic heterocycles. The molecule has 1 atom stereocenters. The van der Waals surface area contributed by atoms with Gasteiger partial charge in [0, 0.05) is 17.8 Å². The van der Waals surface area contributed by atoms with Gasteiger partial charge in [0.05, 0.1) is 0 Å². The molecule has 4 heteroatoms. The van der Waals surface area contributed by atoms with Crippen LogP contribution in [0.1, 0.15) is 11.6 Å². The molecular weight excluding hydrogens is 192 g/mol. The Labute approximate surface area is 86.4 Å². The largest absolute Gasteiger partial charge is 0.480 e. The van der Waals surface area contributed by atoms with Crippen molar-refractivity contribution in [2.45, 2.75) is 6.04 Å². The van der Waals surface area contributed by atoms with Crippen LogP contribution in [0, 0.1) is 0 Å². The average Bonchev–Trinajstić information content (AvgIpc) is 2.27. The summed E-state index contributed by atoms with van der Waals surface area (Å²) in [5, 5.41) is 10.7. The summed E-state index contributed by atoms with van der Waals surface area (Å²) in [7, 11) is 0. The van der Waals surface area contributed by atoms with E-state index in [4.69, 9.17) is 10.8 Å². The number of rotatable bonds is 2. The van der Waals surface area contributed by atoms with Gasteiger partial charge in [0.15, 0.2) is 0 Å². The van der Waals surface area contributed by atoms with Gasteiger partial charge in [-0.15, -0.1) is 0 Å². The molecule has 1 aromatic carbocycles. The Morgan fingerprint density at radius 2 is 2.13 bits per heavy atom. The zero-order valence-electron chi connectivity index (χ0n) is 7.92. The summed E-state index contributed by atoms with van der Waals surface area (Å²) in [5.41, 5.74) is 6.09. The summed E-state index contributed by atoms with van der Waals surface area (Å²) >= 11 is 0. The lowest BCUT2D eigenvalue weighted by Gasteiger charge is -2.07. The minimum absolute atomic E-state index is 0.586. The Morgan fingerprint density at radius 1 is 1.33 bits per heavy atom. The molecule has 15 heavy (non-hydrogen) atoms. The van der Waals surface area contributed by atoms with Gasteiger partial charge in [-0.1, -0.05) is 12.1 Å². The standard InChI is InChI=1S/C11H10N2O2/c12-10(11(14)15)8-2-1-7-3-4-13-6-9(7)5-8/h1-6,10H,12H2,(H,14,15). The number of aromatic nitrogens is 1. The van der Waals surface area contributed by atoms with Crippen LogP contribution in [0.5, 0.6) is 0 Å². The van der Waals surface area contributed by atoms with Crippen molar-refractivity contribution in [3.05, 3.63) is 42.2 Å². The molecule has 0 aliphatic rings. The Hall–Kier alpha value is -1.94. The minimum Gasteiger partial charge on any atom is -0.480 e. The Balaban J connectivity index is 2.51. The van der Waals surface area contributed by atoms with E-state index in [0.29, 0.717) is 5.56 Å². The number of hydrogen-bond donors (Lipinski definition) is 2. The number of fused-ring (bicyclic) bond motifs is 1. The molecule has 0 spiro atoms. The lowest BCUT2D eigenvalue weighted by atomic mass is 10.0. The summed E-state index contributed by atoms with van der Waals surface area (Å²) in [5.74, 6) is -1.03. The number of carboxylic acids is 1. The number of nitrogens with two attached hydrogens (primary N) is 1.